The van der Waals surface area contributed by atoms with Gasteiger partial charge in [-0.05, 0) is 13.8 Å². The molecule has 1 aromatic rings. The molecule has 0 atom stereocenters. The van der Waals surface area contributed by atoms with E-state index in [0.29, 0.717) is 0 Å². The van der Waals surface area contributed by atoms with Gasteiger partial charge in [-0.15, -0.1) is 0 Å². The zero-order valence-electron chi connectivity index (χ0n) is 10.5. The fraction of sp³-hybridized carbons (Fsp3) is 0.333. The summed E-state index contributed by atoms with van der Waals surface area (Å²) in [6.07, 6.45) is 0. The van der Waals surface area contributed by atoms with Crippen LogP contribution in [0.2, 0.25) is 0 Å². The smallest absolute Gasteiger partial charge is 0.209 e. The molecule has 0 aliphatic carbocycles. The maximum absolute atomic E-state index is 13.9. The lowest BCUT2D eigenvalue weighted by Crippen LogP contribution is -2.21. The van der Waals surface area contributed by atoms with Crippen molar-refractivity contribution >= 4 is 16.6 Å². The zero-order valence-corrected chi connectivity index (χ0v) is 11.3. The van der Waals surface area contributed by atoms with E-state index in [4.69, 9.17) is 11.6 Å². The summed E-state index contributed by atoms with van der Waals surface area (Å²) in [7, 11) is 0. The van der Waals surface area contributed by atoms with Gasteiger partial charge in [-0.2, -0.15) is 4.39 Å². The van der Waals surface area contributed by atoms with Crippen molar-refractivity contribution in [1.82, 2.24) is 4.90 Å². The third kappa shape index (κ3) is 2.72. The van der Waals surface area contributed by atoms with E-state index in [1.807, 2.05) is 0 Å². The predicted molar refractivity (Wildman–Crippen MR) is 63.0 cm³/mol. The molecule has 0 saturated carbocycles. The highest BCUT2D eigenvalue weighted by Gasteiger charge is 2.29. The lowest BCUT2D eigenvalue weighted by atomic mass is 10.1. The standard InChI is InChI=1S/C12H10ClF6N/c1-3-20(4-2)12(19)6(13)5-7(14)9(16)11(18)10(17)8(5)15/h3-4H2,1-2H3/b12-6-. The monoisotopic (exact) mass is 317 g/mol. The summed E-state index contributed by atoms with van der Waals surface area (Å²) < 4.78 is 79.7. The van der Waals surface area contributed by atoms with Crippen molar-refractivity contribution in [2.75, 3.05) is 13.1 Å². The molecule has 0 spiro atoms. The van der Waals surface area contributed by atoms with Gasteiger partial charge in [-0.25, -0.2) is 22.0 Å². The molecule has 0 radical (unpaired) electrons. The molecule has 112 valence electrons. The van der Waals surface area contributed by atoms with E-state index < -0.39 is 45.6 Å². The molecule has 0 heterocycles. The van der Waals surface area contributed by atoms with Crippen LogP contribution in [0, 0.1) is 29.1 Å². The second-order valence-corrected chi connectivity index (χ2v) is 4.10. The van der Waals surface area contributed by atoms with Crippen LogP contribution in [0.4, 0.5) is 26.3 Å². The minimum absolute atomic E-state index is 0.105. The number of nitrogens with zero attached hydrogens (tertiary/aromatic N) is 1. The molecule has 0 amide bonds. The van der Waals surface area contributed by atoms with Crippen LogP contribution in [0.3, 0.4) is 0 Å². The number of halogens is 7. The Hall–Kier alpha value is -1.37. The molecule has 20 heavy (non-hydrogen) atoms. The topological polar surface area (TPSA) is 3.24 Å². The van der Waals surface area contributed by atoms with Crippen molar-refractivity contribution in [3.05, 3.63) is 40.6 Å². The largest absolute Gasteiger partial charge is 0.348 e. The molecule has 1 nitrogen and oxygen atoms in total. The maximum atomic E-state index is 13.9. The van der Waals surface area contributed by atoms with Gasteiger partial charge in [0.2, 0.25) is 11.8 Å². The normalized spacial score (nSPS) is 12.4. The van der Waals surface area contributed by atoms with Gasteiger partial charge in [0.15, 0.2) is 23.3 Å². The summed E-state index contributed by atoms with van der Waals surface area (Å²) in [6.45, 7) is 3.28. The Kier molecular flexibility index (Phi) is 5.33. The molecule has 1 aromatic carbocycles. The van der Waals surface area contributed by atoms with Crippen molar-refractivity contribution in [3.63, 3.8) is 0 Å². The third-order valence-electron chi connectivity index (χ3n) is 2.65. The molecule has 0 unspecified atom stereocenters. The second-order valence-electron chi connectivity index (χ2n) is 3.72. The van der Waals surface area contributed by atoms with E-state index in [1.54, 1.807) is 0 Å². The Morgan fingerprint density at radius 3 is 1.55 bits per heavy atom. The van der Waals surface area contributed by atoms with Gasteiger partial charge in [0.25, 0.3) is 0 Å². The van der Waals surface area contributed by atoms with E-state index in [0.717, 1.165) is 4.90 Å². The highest BCUT2D eigenvalue weighted by molar-refractivity contribution is 6.49. The van der Waals surface area contributed by atoms with Crippen molar-refractivity contribution in [1.29, 1.82) is 0 Å². The van der Waals surface area contributed by atoms with E-state index in [9.17, 15) is 26.3 Å². The van der Waals surface area contributed by atoms with Crippen LogP contribution in [-0.2, 0) is 0 Å². The molecule has 0 fully saturated rings. The molecule has 0 bridgehead atoms. The molecule has 1 rings (SSSR count). The van der Waals surface area contributed by atoms with Crippen molar-refractivity contribution in [2.45, 2.75) is 13.8 Å². The molecule has 0 aliphatic heterocycles. The van der Waals surface area contributed by atoms with Gasteiger partial charge in [0.05, 0.1) is 5.56 Å². The first-order chi connectivity index (χ1) is 9.27. The van der Waals surface area contributed by atoms with Crippen LogP contribution in [-0.4, -0.2) is 18.0 Å². The Bertz CT molecular complexity index is 524. The van der Waals surface area contributed by atoms with Crippen molar-refractivity contribution in [2.24, 2.45) is 0 Å². The molecular weight excluding hydrogens is 308 g/mol. The number of hydrogen-bond acceptors (Lipinski definition) is 1. The Morgan fingerprint density at radius 2 is 1.20 bits per heavy atom. The van der Waals surface area contributed by atoms with Crippen LogP contribution in [0.5, 0.6) is 0 Å². The van der Waals surface area contributed by atoms with Crippen LogP contribution < -0.4 is 0 Å². The Balaban J connectivity index is 3.59. The molecule has 0 aromatic heterocycles. The fourth-order valence-corrected chi connectivity index (χ4v) is 1.83. The second kappa shape index (κ2) is 6.39. The van der Waals surface area contributed by atoms with Crippen molar-refractivity contribution < 1.29 is 26.3 Å². The minimum Gasteiger partial charge on any atom is -0.348 e. The van der Waals surface area contributed by atoms with Gasteiger partial charge < -0.3 is 4.90 Å². The zero-order chi connectivity index (χ0) is 15.6. The van der Waals surface area contributed by atoms with E-state index in [-0.39, 0.29) is 13.1 Å². The molecular formula is C12H10ClF6N. The first-order valence-corrected chi connectivity index (χ1v) is 5.97. The van der Waals surface area contributed by atoms with E-state index in [1.165, 1.54) is 13.8 Å². The number of hydrogen-bond donors (Lipinski definition) is 0. The summed E-state index contributed by atoms with van der Waals surface area (Å²) in [5.74, 6) is -12.3. The molecule has 0 aliphatic rings. The Labute approximate surface area is 116 Å². The predicted octanol–water partition coefficient (Wildman–Crippen LogP) is 4.56. The SMILES string of the molecule is CCN(CC)/C(F)=C(\Cl)c1c(F)c(F)c(F)c(F)c1F. The van der Waals surface area contributed by atoms with Crippen LogP contribution in [0.15, 0.2) is 5.95 Å². The average molecular weight is 318 g/mol. The number of rotatable bonds is 4. The first-order valence-electron chi connectivity index (χ1n) is 5.59. The van der Waals surface area contributed by atoms with Gasteiger partial charge in [-0.3, -0.25) is 0 Å². The van der Waals surface area contributed by atoms with E-state index >= 15 is 0 Å². The van der Waals surface area contributed by atoms with Gasteiger partial charge in [0, 0.05) is 13.1 Å². The average Bonchev–Trinajstić information content (AvgIpc) is 2.44. The molecule has 0 N–H and O–H groups in total. The van der Waals surface area contributed by atoms with Gasteiger partial charge >= 0.3 is 0 Å². The van der Waals surface area contributed by atoms with Crippen LogP contribution in [0.1, 0.15) is 19.4 Å². The maximum Gasteiger partial charge on any atom is 0.209 e. The van der Waals surface area contributed by atoms with Crippen LogP contribution in [0.25, 0.3) is 5.03 Å². The highest BCUT2D eigenvalue weighted by atomic mass is 35.5. The summed E-state index contributed by atoms with van der Waals surface area (Å²) in [6, 6.07) is 0. The van der Waals surface area contributed by atoms with E-state index in [2.05, 4.69) is 0 Å². The molecule has 8 heteroatoms. The van der Waals surface area contributed by atoms with Crippen molar-refractivity contribution in [3.8, 4) is 0 Å². The lowest BCUT2D eigenvalue weighted by molar-refractivity contribution is 0.297. The summed E-state index contributed by atoms with van der Waals surface area (Å²) in [4.78, 5) is 0.973. The third-order valence-corrected chi connectivity index (χ3v) is 3.00. The highest BCUT2D eigenvalue weighted by Crippen LogP contribution is 2.33. The number of benzene rings is 1. The quantitative estimate of drug-likeness (QED) is 0.340. The fourth-order valence-electron chi connectivity index (χ4n) is 1.54. The molecule has 0 saturated heterocycles. The Morgan fingerprint density at radius 1 is 0.850 bits per heavy atom. The van der Waals surface area contributed by atoms with Gasteiger partial charge in [-0.1, -0.05) is 11.6 Å². The summed E-state index contributed by atoms with van der Waals surface area (Å²) in [5.41, 5.74) is -1.48. The lowest BCUT2D eigenvalue weighted by Gasteiger charge is -2.19. The summed E-state index contributed by atoms with van der Waals surface area (Å²) >= 11 is 5.44. The van der Waals surface area contributed by atoms with Crippen LogP contribution >= 0.6 is 11.6 Å². The minimum atomic E-state index is -2.32. The summed E-state index contributed by atoms with van der Waals surface area (Å²) in [5, 5.41) is -1.17. The first kappa shape index (κ1) is 16.7. The van der Waals surface area contributed by atoms with Gasteiger partial charge in [0.1, 0.15) is 5.03 Å².